The average Bonchev–Trinajstić information content (AvgIpc) is 2.77. The first-order chi connectivity index (χ1) is 15.9. The predicted molar refractivity (Wildman–Crippen MR) is 133 cm³/mol. The molecule has 34 heavy (non-hydrogen) atoms. The Morgan fingerprint density at radius 1 is 1.12 bits per heavy atom. The molecule has 0 aliphatic rings. The summed E-state index contributed by atoms with van der Waals surface area (Å²) in [7, 11) is -3.88. The molecule has 10 heteroatoms. The molecule has 186 valence electrons. The van der Waals surface area contributed by atoms with E-state index in [4.69, 9.17) is 11.6 Å². The van der Waals surface area contributed by atoms with Gasteiger partial charge in [0.05, 0.1) is 11.9 Å². The van der Waals surface area contributed by atoms with Crippen molar-refractivity contribution in [3.63, 3.8) is 0 Å². The molecule has 0 aliphatic heterocycles. The Kier molecular flexibility index (Phi) is 9.46. The number of amides is 2. The molecule has 0 spiro atoms. The van der Waals surface area contributed by atoms with Gasteiger partial charge in [-0.2, -0.15) is 0 Å². The Morgan fingerprint density at radius 3 is 2.35 bits per heavy atom. The second kappa shape index (κ2) is 11.7. The normalized spacial score (nSPS) is 13.1. The van der Waals surface area contributed by atoms with Crippen LogP contribution in [0.4, 0.5) is 10.1 Å². The molecule has 0 bridgehead atoms. The van der Waals surface area contributed by atoms with E-state index >= 15 is 0 Å². The first-order valence-corrected chi connectivity index (χ1v) is 13.2. The van der Waals surface area contributed by atoms with Gasteiger partial charge in [0.2, 0.25) is 21.8 Å². The fourth-order valence-corrected chi connectivity index (χ4v) is 4.39. The Morgan fingerprint density at radius 2 is 1.76 bits per heavy atom. The van der Waals surface area contributed by atoms with E-state index in [0.29, 0.717) is 17.0 Å². The van der Waals surface area contributed by atoms with Crippen LogP contribution in [0.25, 0.3) is 0 Å². The van der Waals surface area contributed by atoms with Crippen molar-refractivity contribution in [3.8, 4) is 0 Å². The van der Waals surface area contributed by atoms with E-state index in [1.807, 2.05) is 13.8 Å². The van der Waals surface area contributed by atoms with Crippen LogP contribution in [-0.4, -0.2) is 50.0 Å². The zero-order valence-corrected chi connectivity index (χ0v) is 21.6. The van der Waals surface area contributed by atoms with Gasteiger partial charge in [0.25, 0.3) is 0 Å². The number of halogens is 2. The second-order valence-corrected chi connectivity index (χ2v) is 10.6. The van der Waals surface area contributed by atoms with Crippen LogP contribution < -0.4 is 9.62 Å². The Labute approximate surface area is 205 Å². The van der Waals surface area contributed by atoms with Gasteiger partial charge in [-0.3, -0.25) is 13.9 Å². The van der Waals surface area contributed by atoms with Crippen LogP contribution in [-0.2, 0) is 26.2 Å². The molecule has 2 amide bonds. The third kappa shape index (κ3) is 6.93. The highest BCUT2D eigenvalue weighted by Gasteiger charge is 2.31. The molecular weight excluding hydrogens is 481 g/mol. The van der Waals surface area contributed by atoms with Gasteiger partial charge in [-0.05, 0) is 51.0 Å². The van der Waals surface area contributed by atoms with Gasteiger partial charge in [-0.1, -0.05) is 42.8 Å². The molecule has 1 N–H and O–H groups in total. The van der Waals surface area contributed by atoms with Gasteiger partial charge in [-0.25, -0.2) is 12.8 Å². The summed E-state index contributed by atoms with van der Waals surface area (Å²) in [5, 5.41) is 3.17. The minimum absolute atomic E-state index is 0.123. The van der Waals surface area contributed by atoms with E-state index in [-0.39, 0.29) is 23.8 Å². The fraction of sp³-hybridized carbons (Fsp3) is 0.417. The molecule has 0 aromatic heterocycles. The first-order valence-electron chi connectivity index (χ1n) is 10.9. The lowest BCUT2D eigenvalue weighted by Crippen LogP contribution is -2.52. The second-order valence-electron chi connectivity index (χ2n) is 8.26. The molecule has 0 heterocycles. The monoisotopic (exact) mass is 511 g/mol. The van der Waals surface area contributed by atoms with Crippen molar-refractivity contribution in [1.29, 1.82) is 0 Å². The lowest BCUT2D eigenvalue weighted by molar-refractivity contribution is -0.139. The molecule has 7 nitrogen and oxygen atoms in total. The number of rotatable bonds is 10. The summed E-state index contributed by atoms with van der Waals surface area (Å²) in [6, 6.07) is 9.60. The third-order valence-corrected chi connectivity index (χ3v) is 7.19. The molecule has 0 fully saturated rings. The van der Waals surface area contributed by atoms with Crippen LogP contribution in [0.3, 0.4) is 0 Å². The third-order valence-electron chi connectivity index (χ3n) is 5.65. The Hall–Kier alpha value is -2.65. The summed E-state index contributed by atoms with van der Waals surface area (Å²) in [6.07, 6.45) is 1.68. The maximum absolute atomic E-state index is 14.4. The van der Waals surface area contributed by atoms with E-state index in [9.17, 15) is 22.4 Å². The molecule has 0 unspecified atom stereocenters. The lowest BCUT2D eigenvalue weighted by Gasteiger charge is -2.32. The number of carbonyl (C=O) groups is 2. The summed E-state index contributed by atoms with van der Waals surface area (Å²) in [5.74, 6) is -1.59. The number of hydrogen-bond donors (Lipinski definition) is 1. The summed E-state index contributed by atoms with van der Waals surface area (Å²) in [4.78, 5) is 27.5. The Bertz CT molecular complexity index is 1140. The maximum Gasteiger partial charge on any atom is 0.244 e. The number of benzene rings is 2. The average molecular weight is 512 g/mol. The van der Waals surface area contributed by atoms with Gasteiger partial charge >= 0.3 is 0 Å². The van der Waals surface area contributed by atoms with Crippen molar-refractivity contribution in [2.45, 2.75) is 52.7 Å². The lowest BCUT2D eigenvalue weighted by atomic mass is 10.1. The van der Waals surface area contributed by atoms with Crippen LogP contribution in [0.15, 0.2) is 42.5 Å². The highest BCUT2D eigenvalue weighted by atomic mass is 35.5. The molecule has 0 radical (unpaired) electrons. The van der Waals surface area contributed by atoms with Crippen molar-refractivity contribution in [2.24, 2.45) is 0 Å². The number of carbonyl (C=O) groups excluding carboxylic acids is 2. The summed E-state index contributed by atoms with van der Waals surface area (Å²) < 4.78 is 40.6. The predicted octanol–water partition coefficient (Wildman–Crippen LogP) is 3.89. The number of sulfonamides is 1. The number of anilines is 1. The SMILES string of the molecule is CC[C@H](C)NC(=O)[C@@H](C)N(Cc1ccccc1F)C(=O)CN(c1cccc(Cl)c1C)S(C)(=O)=O. The van der Waals surface area contributed by atoms with Crippen LogP contribution in [0, 0.1) is 12.7 Å². The standard InChI is InChI=1S/C24H31ClFN3O4S/c1-6-16(2)27-24(31)18(4)28(14-19-10-7-8-12-21(19)26)23(30)15-29(34(5,32)33)22-13-9-11-20(25)17(22)3/h7-13,16,18H,6,14-15H2,1-5H3,(H,27,31)/t16-,18+/m0/s1. The molecular formula is C24H31ClFN3O4S. The van der Waals surface area contributed by atoms with Crippen LogP contribution in [0.5, 0.6) is 0 Å². The first kappa shape index (κ1) is 27.6. The van der Waals surface area contributed by atoms with E-state index in [1.165, 1.54) is 30.0 Å². The van der Waals surface area contributed by atoms with E-state index < -0.39 is 40.2 Å². The highest BCUT2D eigenvalue weighted by Crippen LogP contribution is 2.28. The topological polar surface area (TPSA) is 86.8 Å². The molecule has 0 saturated carbocycles. The molecule has 0 aliphatic carbocycles. The highest BCUT2D eigenvalue weighted by molar-refractivity contribution is 7.92. The molecule has 2 rings (SSSR count). The van der Waals surface area contributed by atoms with E-state index in [0.717, 1.165) is 10.6 Å². The van der Waals surface area contributed by atoms with Gasteiger partial charge in [-0.15, -0.1) is 0 Å². The summed E-state index contributed by atoms with van der Waals surface area (Å²) in [6.45, 7) is 6.16. The fourth-order valence-electron chi connectivity index (χ4n) is 3.32. The van der Waals surface area contributed by atoms with E-state index in [2.05, 4.69) is 5.32 Å². The Balaban J connectivity index is 2.45. The zero-order valence-electron chi connectivity index (χ0n) is 20.0. The van der Waals surface area contributed by atoms with E-state index in [1.54, 1.807) is 31.2 Å². The van der Waals surface area contributed by atoms with Crippen molar-refractivity contribution in [2.75, 3.05) is 17.1 Å². The van der Waals surface area contributed by atoms with Crippen LogP contribution >= 0.6 is 11.6 Å². The van der Waals surface area contributed by atoms with Crippen molar-refractivity contribution in [3.05, 3.63) is 64.4 Å². The number of nitrogens with one attached hydrogen (secondary N) is 1. The number of nitrogens with zero attached hydrogens (tertiary/aromatic N) is 2. The largest absolute Gasteiger partial charge is 0.352 e. The quantitative estimate of drug-likeness (QED) is 0.524. The van der Waals surface area contributed by atoms with Gasteiger partial charge in [0.1, 0.15) is 18.4 Å². The van der Waals surface area contributed by atoms with Crippen molar-refractivity contribution in [1.82, 2.24) is 10.2 Å². The minimum atomic E-state index is -3.88. The van der Waals surface area contributed by atoms with Crippen LogP contribution in [0.2, 0.25) is 5.02 Å². The van der Waals surface area contributed by atoms with Crippen LogP contribution in [0.1, 0.15) is 38.3 Å². The van der Waals surface area contributed by atoms with Gasteiger partial charge in [0, 0.05) is 23.2 Å². The summed E-state index contributed by atoms with van der Waals surface area (Å²) >= 11 is 6.17. The molecule has 0 saturated heterocycles. The molecule has 2 aromatic rings. The summed E-state index contributed by atoms with van der Waals surface area (Å²) in [5.41, 5.74) is 0.959. The van der Waals surface area contributed by atoms with Gasteiger partial charge < -0.3 is 10.2 Å². The van der Waals surface area contributed by atoms with Gasteiger partial charge in [0.15, 0.2) is 0 Å². The number of hydrogen-bond acceptors (Lipinski definition) is 4. The van der Waals surface area contributed by atoms with Crippen molar-refractivity contribution < 1.29 is 22.4 Å². The molecule has 2 aromatic carbocycles. The smallest absolute Gasteiger partial charge is 0.244 e. The maximum atomic E-state index is 14.4. The minimum Gasteiger partial charge on any atom is -0.352 e. The molecule has 2 atom stereocenters. The van der Waals surface area contributed by atoms with Crippen molar-refractivity contribution >= 4 is 39.1 Å². The zero-order chi connectivity index (χ0) is 25.6.